The molecule has 0 atom stereocenters. The molecular weight excluding hydrogens is 336 g/mol. The van der Waals surface area contributed by atoms with Gasteiger partial charge in [0.15, 0.2) is 0 Å². The Kier molecular flexibility index (Phi) is 26.3. The first-order chi connectivity index (χ1) is 10.8. The number of rotatable bonds is 16. The minimum absolute atomic E-state index is 0.345. The summed E-state index contributed by atoms with van der Waals surface area (Å²) in [6.45, 7) is 2.27. The Morgan fingerprint density at radius 2 is 0.955 bits per heavy atom. The predicted molar refractivity (Wildman–Crippen MR) is 93.0 cm³/mol. The van der Waals surface area contributed by atoms with Gasteiger partial charge in [-0.1, -0.05) is 96.8 Å². The molecule has 0 aromatic carbocycles. The van der Waals surface area contributed by atoms with E-state index in [9.17, 15) is 4.79 Å². The van der Waals surface area contributed by atoms with Gasteiger partial charge in [-0.25, -0.2) is 0 Å². The van der Waals surface area contributed by atoms with Gasteiger partial charge in [-0.15, -0.1) is 0 Å². The fourth-order valence-electron chi connectivity index (χ4n) is 2.65. The molecule has 0 saturated heterocycles. The van der Waals surface area contributed by atoms with Gasteiger partial charge in [-0.3, -0.25) is 4.79 Å². The standard InChI is InChI=1S/C18H36O2.ClH.Cr/c1-2-3-4-5-6-7-8-9-10-11-12-13-14-15-16-17-18(19)20;;/h2-17H2,1H3,(H,19,20);1H;/q;;+1/p-1. The fourth-order valence-corrected chi connectivity index (χ4v) is 2.65. The van der Waals surface area contributed by atoms with Crippen LogP contribution in [0.3, 0.4) is 0 Å². The summed E-state index contributed by atoms with van der Waals surface area (Å²) in [7, 11) is 4.51. The number of carboxylic acids is 1. The summed E-state index contributed by atoms with van der Waals surface area (Å²) in [5, 5.41) is 8.52. The van der Waals surface area contributed by atoms with E-state index in [1.165, 1.54) is 83.5 Å². The summed E-state index contributed by atoms with van der Waals surface area (Å²) in [6.07, 6.45) is 20.2. The summed E-state index contributed by atoms with van der Waals surface area (Å²) in [4.78, 5) is 10.3. The van der Waals surface area contributed by atoms with Gasteiger partial charge in [0.05, 0.1) is 0 Å². The number of hydrogen-bond donors (Lipinski definition) is 1. The number of aliphatic carboxylic acids is 1. The SMILES string of the molecule is CCCCCCCCCCCCCCCCCC(=O)O.[Cl][Cr]. The van der Waals surface area contributed by atoms with E-state index in [-0.39, 0.29) is 0 Å². The van der Waals surface area contributed by atoms with Gasteiger partial charge in [-0.2, -0.15) is 0 Å². The molecule has 0 bridgehead atoms. The zero-order valence-corrected chi connectivity index (χ0v) is 16.5. The molecule has 0 rings (SSSR count). The molecule has 0 amide bonds. The molecule has 4 heteroatoms. The van der Waals surface area contributed by atoms with Crippen LogP contribution in [0.15, 0.2) is 0 Å². The first-order valence-corrected chi connectivity index (χ1v) is 10.9. The van der Waals surface area contributed by atoms with Crippen molar-refractivity contribution in [3.05, 3.63) is 0 Å². The zero-order chi connectivity index (χ0) is 16.9. The Balaban J connectivity index is 0. The van der Waals surface area contributed by atoms with Gasteiger partial charge in [0.2, 0.25) is 0 Å². The number of hydrogen-bond acceptors (Lipinski definition) is 1. The first kappa shape index (κ1) is 24.5. The maximum atomic E-state index is 10.3. The first-order valence-electron chi connectivity index (χ1n) is 9.14. The van der Waals surface area contributed by atoms with E-state index in [4.69, 9.17) is 5.11 Å². The van der Waals surface area contributed by atoms with Gasteiger partial charge in [-0.05, 0) is 6.42 Å². The van der Waals surface area contributed by atoms with E-state index in [0.29, 0.717) is 6.42 Å². The summed E-state index contributed by atoms with van der Waals surface area (Å²) in [5.41, 5.74) is 0. The average Bonchev–Trinajstić information content (AvgIpc) is 2.53. The quantitative estimate of drug-likeness (QED) is 0.296. The Morgan fingerprint density at radius 3 is 1.23 bits per heavy atom. The Labute approximate surface area is 151 Å². The molecule has 0 aliphatic rings. The fraction of sp³-hybridized carbons (Fsp3) is 0.944. The third-order valence-electron chi connectivity index (χ3n) is 3.99. The topological polar surface area (TPSA) is 37.3 Å². The predicted octanol–water partition coefficient (Wildman–Crippen LogP) is 7.02. The average molecular weight is 372 g/mol. The number of halogens is 1. The molecule has 0 saturated carbocycles. The van der Waals surface area contributed by atoms with Crippen LogP contribution in [0.1, 0.15) is 110 Å². The molecule has 0 aliphatic heterocycles. The van der Waals surface area contributed by atoms with Gasteiger partial charge < -0.3 is 5.11 Å². The molecule has 1 N–H and O–H groups in total. The van der Waals surface area contributed by atoms with Crippen molar-refractivity contribution < 1.29 is 25.3 Å². The van der Waals surface area contributed by atoms with Crippen molar-refractivity contribution in [3.63, 3.8) is 0 Å². The van der Waals surface area contributed by atoms with Crippen molar-refractivity contribution in [1.82, 2.24) is 0 Å². The number of unbranched alkanes of at least 4 members (excludes halogenated alkanes) is 14. The number of carboxylic acid groups (broad SMARTS) is 1. The summed E-state index contributed by atoms with van der Waals surface area (Å²) < 4.78 is 0. The molecule has 0 aromatic heterocycles. The van der Waals surface area contributed by atoms with E-state index in [1.54, 1.807) is 0 Å². The van der Waals surface area contributed by atoms with Crippen LogP contribution in [0.5, 0.6) is 0 Å². The van der Waals surface area contributed by atoms with Crippen molar-refractivity contribution >= 4 is 16.0 Å². The van der Waals surface area contributed by atoms with Crippen LogP contribution in [0.4, 0.5) is 0 Å². The second-order valence-corrected chi connectivity index (χ2v) is 6.09. The normalized spacial score (nSPS) is 10.1. The molecule has 2 nitrogen and oxygen atoms in total. The van der Waals surface area contributed by atoms with Gasteiger partial charge in [0, 0.05) is 6.42 Å². The van der Waals surface area contributed by atoms with Crippen LogP contribution in [0.25, 0.3) is 0 Å². The Morgan fingerprint density at radius 1 is 0.682 bits per heavy atom. The van der Waals surface area contributed by atoms with Crippen LogP contribution in [0, 0.1) is 0 Å². The van der Waals surface area contributed by atoms with E-state index in [2.05, 4.69) is 32.3 Å². The second kappa shape index (κ2) is 23.6. The summed E-state index contributed by atoms with van der Waals surface area (Å²) >= 11 is 2.10. The van der Waals surface area contributed by atoms with Crippen molar-refractivity contribution in [2.75, 3.05) is 0 Å². The number of carbonyl (C=O) groups is 1. The zero-order valence-electron chi connectivity index (χ0n) is 14.5. The third-order valence-corrected chi connectivity index (χ3v) is 3.99. The van der Waals surface area contributed by atoms with Gasteiger partial charge in [0.1, 0.15) is 0 Å². The molecule has 0 heterocycles. The van der Waals surface area contributed by atoms with Crippen LogP contribution >= 0.6 is 10.0 Å². The van der Waals surface area contributed by atoms with Crippen molar-refractivity contribution in [3.8, 4) is 0 Å². The summed E-state index contributed by atoms with van der Waals surface area (Å²) in [6, 6.07) is 0. The van der Waals surface area contributed by atoms with Crippen LogP contribution in [-0.4, -0.2) is 11.1 Å². The van der Waals surface area contributed by atoms with E-state index < -0.39 is 5.97 Å². The van der Waals surface area contributed by atoms with Crippen LogP contribution in [-0.2, 0) is 20.2 Å². The Bertz CT molecular complexity index is 213. The van der Waals surface area contributed by atoms with E-state index >= 15 is 0 Å². The molecule has 0 aliphatic carbocycles. The third kappa shape index (κ3) is 25.3. The van der Waals surface area contributed by atoms with Gasteiger partial charge >= 0.3 is 31.4 Å². The monoisotopic (exact) mass is 371 g/mol. The molecular formula is C18H36ClCrO2. The molecule has 0 spiro atoms. The summed E-state index contributed by atoms with van der Waals surface area (Å²) in [5.74, 6) is -0.653. The minimum atomic E-state index is -0.653. The van der Waals surface area contributed by atoms with Crippen molar-refractivity contribution in [2.45, 2.75) is 110 Å². The van der Waals surface area contributed by atoms with Crippen molar-refractivity contribution in [2.24, 2.45) is 0 Å². The maximum absolute atomic E-state index is 10.3. The molecule has 0 radical (unpaired) electrons. The van der Waals surface area contributed by atoms with Gasteiger partial charge in [0.25, 0.3) is 0 Å². The molecule has 0 unspecified atom stereocenters. The molecule has 0 fully saturated rings. The van der Waals surface area contributed by atoms with Crippen LogP contribution in [0.2, 0.25) is 0 Å². The van der Waals surface area contributed by atoms with Crippen LogP contribution < -0.4 is 0 Å². The molecule has 22 heavy (non-hydrogen) atoms. The molecule has 133 valence electrons. The van der Waals surface area contributed by atoms with Crippen molar-refractivity contribution in [1.29, 1.82) is 0 Å². The Hall–Kier alpha value is 0.292. The second-order valence-electron chi connectivity index (χ2n) is 6.09. The van der Waals surface area contributed by atoms with E-state index in [0.717, 1.165) is 12.8 Å². The molecule has 0 aromatic rings. The van der Waals surface area contributed by atoms with E-state index in [1.807, 2.05) is 0 Å².